The molecule has 11 heteroatoms. The minimum atomic E-state index is -4.29. The highest BCUT2D eigenvalue weighted by Crippen LogP contribution is 2.35. The summed E-state index contributed by atoms with van der Waals surface area (Å²) >= 11 is 0. The molecular formula is C18H24F3N7O. The summed E-state index contributed by atoms with van der Waals surface area (Å²) in [5.41, 5.74) is 11.4. The van der Waals surface area contributed by atoms with Gasteiger partial charge in [-0.25, -0.2) is 9.97 Å². The van der Waals surface area contributed by atoms with E-state index >= 15 is 0 Å². The van der Waals surface area contributed by atoms with Crippen LogP contribution in [0.1, 0.15) is 31.5 Å². The molecule has 0 spiro atoms. The lowest BCUT2D eigenvalue weighted by Gasteiger charge is -2.25. The van der Waals surface area contributed by atoms with E-state index in [4.69, 9.17) is 11.5 Å². The Labute approximate surface area is 166 Å². The Hall–Kier alpha value is -3.11. The van der Waals surface area contributed by atoms with E-state index in [0.717, 1.165) is 0 Å². The minimum Gasteiger partial charge on any atom is -0.383 e. The number of aryl methyl sites for hydroxylation is 2. The third-order valence-electron chi connectivity index (χ3n) is 4.67. The second-order valence-electron chi connectivity index (χ2n) is 6.64. The first-order valence-corrected chi connectivity index (χ1v) is 8.89. The van der Waals surface area contributed by atoms with E-state index in [0.29, 0.717) is 12.1 Å². The van der Waals surface area contributed by atoms with Crippen LogP contribution in [0.5, 0.6) is 0 Å². The Morgan fingerprint density at radius 3 is 2.52 bits per heavy atom. The average Bonchev–Trinajstić information content (AvgIpc) is 3.07. The Kier molecular flexibility index (Phi) is 6.19. The van der Waals surface area contributed by atoms with E-state index in [-0.39, 0.29) is 35.3 Å². The van der Waals surface area contributed by atoms with Gasteiger partial charge in [-0.15, -0.1) is 6.58 Å². The zero-order valence-electron chi connectivity index (χ0n) is 16.5. The number of primary amides is 1. The fraction of sp³-hybridized carbons (Fsp3) is 0.444. The normalized spacial score (nSPS) is 13.7. The number of hydrogen-bond donors (Lipinski definition) is 3. The summed E-state index contributed by atoms with van der Waals surface area (Å²) in [6.07, 6.45) is -3.45. The number of carbonyl (C=O) groups excluding carboxylic acids is 1. The summed E-state index contributed by atoms with van der Waals surface area (Å²) in [5, 5.41) is 7.07. The Bertz CT molecular complexity index is 923. The van der Waals surface area contributed by atoms with Crippen LogP contribution < -0.4 is 16.8 Å². The van der Waals surface area contributed by atoms with Crippen molar-refractivity contribution >= 4 is 17.5 Å². The number of nitrogen functional groups attached to an aromatic ring is 1. The smallest absolute Gasteiger partial charge is 0.383 e. The molecule has 1 amide bonds. The number of carbonyl (C=O) groups is 1. The van der Waals surface area contributed by atoms with Crippen molar-refractivity contribution in [2.45, 2.75) is 44.8 Å². The SMILES string of the molecule is C=CC(C)(C(N)=O)c1c(N)nc(-c2cc(CC)n(CCC(F)(F)F)n2)nc1NC. The number of anilines is 2. The number of hydrogen-bond acceptors (Lipinski definition) is 6. The first-order valence-electron chi connectivity index (χ1n) is 8.89. The molecule has 0 fully saturated rings. The summed E-state index contributed by atoms with van der Waals surface area (Å²) in [7, 11) is 1.58. The van der Waals surface area contributed by atoms with Crippen LogP contribution in [0, 0.1) is 0 Å². The number of alkyl halides is 3. The van der Waals surface area contributed by atoms with E-state index in [9.17, 15) is 18.0 Å². The van der Waals surface area contributed by atoms with Crippen molar-refractivity contribution in [2.75, 3.05) is 18.1 Å². The van der Waals surface area contributed by atoms with Gasteiger partial charge >= 0.3 is 6.18 Å². The minimum absolute atomic E-state index is 0.0107. The van der Waals surface area contributed by atoms with Gasteiger partial charge in [0.05, 0.1) is 17.4 Å². The van der Waals surface area contributed by atoms with Crippen LogP contribution in [-0.2, 0) is 23.2 Å². The van der Waals surface area contributed by atoms with Crippen molar-refractivity contribution in [1.82, 2.24) is 19.7 Å². The Balaban J connectivity index is 2.54. The molecule has 0 radical (unpaired) electrons. The van der Waals surface area contributed by atoms with Crippen molar-refractivity contribution in [3.05, 3.63) is 30.0 Å². The van der Waals surface area contributed by atoms with Crippen LogP contribution in [0.25, 0.3) is 11.5 Å². The standard InChI is InChI=1S/C18H24F3N7O/c1-5-10-9-11(27-28(10)8-7-18(19,20)21)14-25-13(22)12(15(24-4)26-14)17(3,6-2)16(23)29/h6,9H,2,5,7-8H2,1,3-4H3,(H2,23,29)(H3,22,24,25,26). The maximum Gasteiger partial charge on any atom is 0.390 e. The zero-order chi connectivity index (χ0) is 22.0. The predicted molar refractivity (Wildman–Crippen MR) is 104 cm³/mol. The van der Waals surface area contributed by atoms with Gasteiger partial charge in [0.25, 0.3) is 0 Å². The van der Waals surface area contributed by atoms with Crippen LogP contribution in [0.2, 0.25) is 0 Å². The van der Waals surface area contributed by atoms with Crippen molar-refractivity contribution in [1.29, 1.82) is 0 Å². The molecule has 1 atom stereocenters. The van der Waals surface area contributed by atoms with E-state index < -0.39 is 23.9 Å². The highest BCUT2D eigenvalue weighted by Gasteiger charge is 2.36. The predicted octanol–water partition coefficient (Wildman–Crippen LogP) is 2.41. The second kappa shape index (κ2) is 8.10. The quantitative estimate of drug-likeness (QED) is 0.573. The molecule has 0 aliphatic rings. The number of rotatable bonds is 8. The average molecular weight is 411 g/mol. The topological polar surface area (TPSA) is 125 Å². The molecule has 29 heavy (non-hydrogen) atoms. The zero-order valence-corrected chi connectivity index (χ0v) is 16.5. The van der Waals surface area contributed by atoms with Crippen molar-refractivity contribution in [3.8, 4) is 11.5 Å². The number of halogens is 3. The van der Waals surface area contributed by atoms with E-state index in [2.05, 4.69) is 27.0 Å². The summed E-state index contributed by atoms with van der Waals surface area (Å²) in [6.45, 7) is 6.69. The number of nitrogens with one attached hydrogen (secondary N) is 1. The van der Waals surface area contributed by atoms with E-state index in [1.807, 2.05) is 6.92 Å². The van der Waals surface area contributed by atoms with Crippen LogP contribution in [0.3, 0.4) is 0 Å². The first-order chi connectivity index (χ1) is 13.5. The van der Waals surface area contributed by atoms with Crippen molar-refractivity contribution in [3.63, 3.8) is 0 Å². The molecule has 2 heterocycles. The van der Waals surface area contributed by atoms with Gasteiger partial charge in [0.2, 0.25) is 5.91 Å². The molecule has 2 aromatic heterocycles. The molecule has 8 nitrogen and oxygen atoms in total. The monoisotopic (exact) mass is 411 g/mol. The molecule has 2 rings (SSSR count). The van der Waals surface area contributed by atoms with Crippen LogP contribution in [0.15, 0.2) is 18.7 Å². The van der Waals surface area contributed by atoms with Crippen molar-refractivity contribution < 1.29 is 18.0 Å². The molecule has 0 aliphatic carbocycles. The summed E-state index contributed by atoms with van der Waals surface area (Å²) in [4.78, 5) is 20.6. The van der Waals surface area contributed by atoms with Gasteiger partial charge in [-0.3, -0.25) is 9.48 Å². The largest absolute Gasteiger partial charge is 0.390 e. The lowest BCUT2D eigenvalue weighted by Crippen LogP contribution is -2.38. The fourth-order valence-corrected chi connectivity index (χ4v) is 2.89. The molecule has 0 saturated carbocycles. The second-order valence-corrected chi connectivity index (χ2v) is 6.64. The summed E-state index contributed by atoms with van der Waals surface area (Å²) in [6, 6.07) is 1.62. The van der Waals surface area contributed by atoms with Gasteiger partial charge < -0.3 is 16.8 Å². The third-order valence-corrected chi connectivity index (χ3v) is 4.67. The van der Waals surface area contributed by atoms with E-state index in [1.54, 1.807) is 20.0 Å². The lowest BCUT2D eigenvalue weighted by molar-refractivity contribution is -0.137. The number of nitrogens with zero attached hydrogens (tertiary/aromatic N) is 4. The van der Waals surface area contributed by atoms with Crippen LogP contribution in [0.4, 0.5) is 24.8 Å². The molecule has 1 unspecified atom stereocenters. The summed E-state index contributed by atoms with van der Waals surface area (Å²) in [5.74, 6) is -0.330. The molecular weight excluding hydrogens is 387 g/mol. The van der Waals surface area contributed by atoms with Crippen LogP contribution >= 0.6 is 0 Å². The van der Waals surface area contributed by atoms with Crippen molar-refractivity contribution in [2.24, 2.45) is 5.73 Å². The number of amides is 1. The van der Waals surface area contributed by atoms with Gasteiger partial charge in [0, 0.05) is 19.3 Å². The maximum atomic E-state index is 12.6. The fourth-order valence-electron chi connectivity index (χ4n) is 2.89. The highest BCUT2D eigenvalue weighted by atomic mass is 19.4. The molecule has 158 valence electrons. The van der Waals surface area contributed by atoms with E-state index in [1.165, 1.54) is 10.8 Å². The summed E-state index contributed by atoms with van der Waals surface area (Å²) < 4.78 is 39.0. The Morgan fingerprint density at radius 2 is 2.03 bits per heavy atom. The first kappa shape index (κ1) is 22.2. The molecule has 2 aromatic rings. The molecule has 0 bridgehead atoms. The number of aromatic nitrogens is 4. The number of nitrogens with two attached hydrogens (primary N) is 2. The molecule has 0 saturated heterocycles. The third kappa shape index (κ3) is 4.49. The molecule has 5 N–H and O–H groups in total. The maximum absolute atomic E-state index is 12.6. The lowest BCUT2D eigenvalue weighted by atomic mass is 9.82. The van der Waals surface area contributed by atoms with Crippen LogP contribution in [-0.4, -0.2) is 38.9 Å². The van der Waals surface area contributed by atoms with Gasteiger partial charge in [-0.05, 0) is 19.4 Å². The van der Waals surface area contributed by atoms with Gasteiger partial charge in [0.15, 0.2) is 5.82 Å². The van der Waals surface area contributed by atoms with Gasteiger partial charge in [-0.2, -0.15) is 18.3 Å². The highest BCUT2D eigenvalue weighted by molar-refractivity contribution is 5.92. The Morgan fingerprint density at radius 1 is 1.38 bits per heavy atom. The van der Waals surface area contributed by atoms with Gasteiger partial charge in [0.1, 0.15) is 17.3 Å². The molecule has 0 aliphatic heterocycles. The van der Waals surface area contributed by atoms with Gasteiger partial charge in [-0.1, -0.05) is 13.0 Å². The molecule has 0 aromatic carbocycles.